The van der Waals surface area contributed by atoms with Crippen LogP contribution in [0.25, 0.3) is 0 Å². The standard InChI is InChI=1S/C6H4ClNO3.K/c7-5-3-4(8(10)11)1-2-6(5)9;/h1-3,9H;. The molecule has 0 amide bonds. The molecule has 0 saturated carbocycles. The number of nitrogens with zero attached hydrogens (tertiary/aromatic N) is 1. The van der Waals surface area contributed by atoms with E-state index in [0.717, 1.165) is 6.07 Å². The average Bonchev–Trinajstić information content (AvgIpc) is 1.94. The van der Waals surface area contributed by atoms with Gasteiger partial charge in [0.2, 0.25) is 0 Å². The van der Waals surface area contributed by atoms with Crippen molar-refractivity contribution in [3.63, 3.8) is 0 Å². The first-order valence-corrected chi connectivity index (χ1v) is 3.12. The minimum atomic E-state index is -0.578. The zero-order chi connectivity index (χ0) is 8.43. The molecule has 6 heteroatoms. The Kier molecular flexibility index (Phi) is 5.31. The number of phenols is 1. The second kappa shape index (κ2) is 5.16. The molecule has 0 fully saturated rings. The van der Waals surface area contributed by atoms with Gasteiger partial charge in [-0.25, -0.2) is 0 Å². The summed E-state index contributed by atoms with van der Waals surface area (Å²) in [4.78, 5) is 9.55. The molecule has 0 aliphatic carbocycles. The van der Waals surface area contributed by atoms with E-state index in [9.17, 15) is 10.1 Å². The van der Waals surface area contributed by atoms with Crippen molar-refractivity contribution in [2.24, 2.45) is 0 Å². The normalized spacial score (nSPS) is 8.75. The second-order valence-electron chi connectivity index (χ2n) is 1.89. The molecule has 1 rings (SSSR count). The van der Waals surface area contributed by atoms with E-state index in [2.05, 4.69) is 0 Å². The minimum absolute atomic E-state index is 0. The number of hydrogen-bond donors (Lipinski definition) is 1. The number of nitro benzene ring substituents is 1. The molecular formula is C6H4ClKNO3. The van der Waals surface area contributed by atoms with Gasteiger partial charge in [0.25, 0.3) is 5.69 Å². The molecule has 1 aromatic carbocycles. The van der Waals surface area contributed by atoms with Crippen molar-refractivity contribution in [1.29, 1.82) is 0 Å². The molecule has 59 valence electrons. The Bertz CT molecular complexity index is 305. The molecule has 12 heavy (non-hydrogen) atoms. The van der Waals surface area contributed by atoms with Crippen molar-refractivity contribution >= 4 is 68.7 Å². The summed E-state index contributed by atoms with van der Waals surface area (Å²) in [7, 11) is 0. The van der Waals surface area contributed by atoms with Crippen LogP contribution in [0.5, 0.6) is 5.75 Å². The first-order valence-electron chi connectivity index (χ1n) is 2.74. The van der Waals surface area contributed by atoms with Crippen molar-refractivity contribution in [2.75, 3.05) is 0 Å². The van der Waals surface area contributed by atoms with Crippen LogP contribution in [0.15, 0.2) is 18.2 Å². The van der Waals surface area contributed by atoms with Crippen molar-refractivity contribution in [1.82, 2.24) is 0 Å². The maximum atomic E-state index is 10.1. The summed E-state index contributed by atoms with van der Waals surface area (Å²) in [6.45, 7) is 0. The predicted molar refractivity (Wildman–Crippen MR) is 45.5 cm³/mol. The molecule has 1 N–H and O–H groups in total. The van der Waals surface area contributed by atoms with E-state index < -0.39 is 4.92 Å². The number of non-ortho nitro benzene ring substituents is 1. The molecule has 0 saturated heterocycles. The predicted octanol–water partition coefficient (Wildman–Crippen LogP) is 1.57. The summed E-state index contributed by atoms with van der Waals surface area (Å²) >= 11 is 5.40. The van der Waals surface area contributed by atoms with E-state index >= 15 is 0 Å². The van der Waals surface area contributed by atoms with Crippen LogP contribution < -0.4 is 0 Å². The average molecular weight is 213 g/mol. The second-order valence-corrected chi connectivity index (χ2v) is 2.30. The Labute approximate surface area is 116 Å². The monoisotopic (exact) mass is 212 g/mol. The first-order chi connectivity index (χ1) is 5.11. The molecule has 1 aromatic rings. The molecule has 0 aromatic heterocycles. The van der Waals surface area contributed by atoms with E-state index in [0.29, 0.717) is 0 Å². The van der Waals surface area contributed by atoms with Crippen LogP contribution in [0, 0.1) is 10.1 Å². The number of benzene rings is 1. The van der Waals surface area contributed by atoms with Crippen LogP contribution in [0.4, 0.5) is 5.69 Å². The largest absolute Gasteiger partial charge is 0.506 e. The summed E-state index contributed by atoms with van der Waals surface area (Å²) in [5.41, 5.74) is -0.132. The van der Waals surface area contributed by atoms with E-state index in [1.54, 1.807) is 0 Å². The Balaban J connectivity index is 0.00000121. The van der Waals surface area contributed by atoms with Crippen molar-refractivity contribution in [3.8, 4) is 5.75 Å². The van der Waals surface area contributed by atoms with Gasteiger partial charge in [-0.1, -0.05) is 11.6 Å². The number of halogens is 1. The molecule has 0 atom stereocenters. The van der Waals surface area contributed by atoms with Crippen molar-refractivity contribution in [3.05, 3.63) is 33.3 Å². The third-order valence-corrected chi connectivity index (χ3v) is 1.44. The van der Waals surface area contributed by atoms with Gasteiger partial charge in [0, 0.05) is 63.5 Å². The first kappa shape index (κ1) is 12.3. The van der Waals surface area contributed by atoms with Crippen LogP contribution >= 0.6 is 11.6 Å². The minimum Gasteiger partial charge on any atom is -0.506 e. The van der Waals surface area contributed by atoms with Gasteiger partial charge in [0.05, 0.1) is 9.95 Å². The van der Waals surface area contributed by atoms with Crippen LogP contribution in [-0.4, -0.2) is 61.4 Å². The van der Waals surface area contributed by atoms with Crippen LogP contribution in [0.3, 0.4) is 0 Å². The zero-order valence-electron chi connectivity index (χ0n) is 6.32. The quantitative estimate of drug-likeness (QED) is 0.437. The van der Waals surface area contributed by atoms with E-state index in [4.69, 9.17) is 16.7 Å². The smallest absolute Gasteiger partial charge is 0.271 e. The number of aromatic hydroxyl groups is 1. The summed E-state index contributed by atoms with van der Waals surface area (Å²) in [5, 5.41) is 19.0. The van der Waals surface area contributed by atoms with Gasteiger partial charge >= 0.3 is 0 Å². The van der Waals surface area contributed by atoms with Gasteiger partial charge in [-0.15, -0.1) is 0 Å². The van der Waals surface area contributed by atoms with Crippen LogP contribution in [-0.2, 0) is 0 Å². The number of hydrogen-bond acceptors (Lipinski definition) is 3. The fourth-order valence-corrected chi connectivity index (χ4v) is 0.784. The SMILES string of the molecule is O=[N+]([O-])c1ccc(O)c(Cl)c1.[K]. The van der Waals surface area contributed by atoms with Crippen molar-refractivity contribution in [2.45, 2.75) is 0 Å². The number of rotatable bonds is 1. The van der Waals surface area contributed by atoms with E-state index in [-0.39, 0.29) is 67.8 Å². The summed E-state index contributed by atoms with van der Waals surface area (Å²) in [6.07, 6.45) is 0. The summed E-state index contributed by atoms with van der Waals surface area (Å²) in [5.74, 6) is -0.155. The topological polar surface area (TPSA) is 63.4 Å². The third-order valence-electron chi connectivity index (χ3n) is 1.14. The Morgan fingerprint density at radius 3 is 2.50 bits per heavy atom. The molecule has 0 spiro atoms. The van der Waals surface area contributed by atoms with Crippen LogP contribution in [0.2, 0.25) is 5.02 Å². The zero-order valence-corrected chi connectivity index (χ0v) is 10.2. The maximum absolute atomic E-state index is 10.1. The molecule has 0 bridgehead atoms. The third kappa shape index (κ3) is 3.00. The molecule has 0 aliphatic rings. The van der Waals surface area contributed by atoms with Gasteiger partial charge < -0.3 is 5.11 Å². The van der Waals surface area contributed by atoms with Crippen molar-refractivity contribution < 1.29 is 10.0 Å². The number of nitro groups is 1. The van der Waals surface area contributed by atoms with Gasteiger partial charge in [0.1, 0.15) is 5.75 Å². The molecule has 4 nitrogen and oxygen atoms in total. The molecular weight excluding hydrogens is 209 g/mol. The summed E-state index contributed by atoms with van der Waals surface area (Å²) in [6, 6.07) is 3.46. The van der Waals surface area contributed by atoms with E-state index in [1.807, 2.05) is 0 Å². The van der Waals surface area contributed by atoms with Gasteiger partial charge in [-0.2, -0.15) is 0 Å². The Hall–Kier alpha value is 0.346. The van der Waals surface area contributed by atoms with Gasteiger partial charge in [0.15, 0.2) is 0 Å². The van der Waals surface area contributed by atoms with Gasteiger partial charge in [-0.3, -0.25) is 10.1 Å². The Morgan fingerprint density at radius 2 is 2.08 bits per heavy atom. The molecule has 0 unspecified atom stereocenters. The Morgan fingerprint density at radius 1 is 1.50 bits per heavy atom. The maximum Gasteiger partial charge on any atom is 0.271 e. The summed E-state index contributed by atoms with van der Waals surface area (Å²) < 4.78 is 0. The molecule has 1 radical (unpaired) electrons. The van der Waals surface area contributed by atoms with Crippen LogP contribution in [0.1, 0.15) is 0 Å². The molecule has 0 aliphatic heterocycles. The fraction of sp³-hybridized carbons (Fsp3) is 0. The molecule has 0 heterocycles. The fourth-order valence-electron chi connectivity index (χ4n) is 0.609. The number of phenolic OH excluding ortho intramolecular Hbond substituents is 1. The van der Waals surface area contributed by atoms with E-state index in [1.165, 1.54) is 12.1 Å². The van der Waals surface area contributed by atoms with Gasteiger partial charge in [-0.05, 0) is 6.07 Å².